The molecule has 0 aromatic heterocycles. The molecule has 2 atom stereocenters. The highest BCUT2D eigenvalue weighted by molar-refractivity contribution is 6.07. The number of rotatable bonds is 35. The number of hydrogen-bond donors (Lipinski definition) is 3. The van der Waals surface area contributed by atoms with Gasteiger partial charge >= 0.3 is 5.97 Å². The molecule has 0 aliphatic heterocycles. The minimum atomic E-state index is -1.88. The monoisotopic (exact) mass is 623 g/mol. The van der Waals surface area contributed by atoms with E-state index in [-0.39, 0.29) is 18.6 Å². The smallest absolute Gasteiger partial charge is 0.331 e. The van der Waals surface area contributed by atoms with Crippen LogP contribution in [-0.2, 0) is 14.4 Å². The summed E-state index contributed by atoms with van der Waals surface area (Å²) in [5.41, 5.74) is 10.3. The van der Waals surface area contributed by atoms with Gasteiger partial charge in [0.2, 0.25) is 0 Å². The first-order valence-corrected chi connectivity index (χ1v) is 19.1. The van der Waals surface area contributed by atoms with Gasteiger partial charge in [0, 0.05) is 12.8 Å². The van der Waals surface area contributed by atoms with Crippen molar-refractivity contribution in [2.45, 2.75) is 224 Å². The maximum atomic E-state index is 12.8. The summed E-state index contributed by atoms with van der Waals surface area (Å²) in [5.74, 6) is -1.65. The van der Waals surface area contributed by atoms with Crippen molar-refractivity contribution in [1.29, 1.82) is 0 Å². The topological polar surface area (TPSA) is 123 Å². The Hall–Kier alpha value is -1.27. The van der Waals surface area contributed by atoms with Crippen molar-refractivity contribution < 1.29 is 19.5 Å². The van der Waals surface area contributed by atoms with Crippen molar-refractivity contribution in [3.8, 4) is 0 Å². The van der Waals surface area contributed by atoms with Crippen LogP contribution in [0.2, 0.25) is 0 Å². The molecule has 0 aliphatic carbocycles. The molecule has 6 nitrogen and oxygen atoms in total. The summed E-state index contributed by atoms with van der Waals surface area (Å²) in [5, 5.41) is 9.72. The number of unbranched alkanes of at least 4 members (excludes halogenated alkanes) is 24. The molecule has 6 heteroatoms. The second-order valence-corrected chi connectivity index (χ2v) is 13.6. The Morgan fingerprint density at radius 3 is 1.18 bits per heavy atom. The maximum absolute atomic E-state index is 12.8. The SMILES string of the molecule is CCCCCCCCCCCCCCCC(=O)C(N)CCC[C@](N)(C(=O)O)C(=O)CCCCCCCCCCCCCCC. The van der Waals surface area contributed by atoms with Gasteiger partial charge in [-0.15, -0.1) is 0 Å². The average Bonchev–Trinajstić information content (AvgIpc) is 3.01. The van der Waals surface area contributed by atoms with Crippen LogP contribution in [-0.4, -0.2) is 34.2 Å². The minimum Gasteiger partial charge on any atom is -0.480 e. The minimum absolute atomic E-state index is 0.0271. The number of carboxylic acids is 1. The van der Waals surface area contributed by atoms with Gasteiger partial charge in [-0.05, 0) is 32.1 Å². The third-order valence-corrected chi connectivity index (χ3v) is 9.41. The molecule has 5 N–H and O–H groups in total. The lowest BCUT2D eigenvalue weighted by atomic mass is 9.85. The number of aliphatic carboxylic acids is 1. The number of nitrogens with two attached hydrogens (primary N) is 2. The molecule has 0 amide bonds. The fraction of sp³-hybridized carbons (Fsp3) is 0.921. The van der Waals surface area contributed by atoms with Gasteiger partial charge in [0.25, 0.3) is 0 Å². The molecule has 0 fully saturated rings. The summed E-state index contributed by atoms with van der Waals surface area (Å²) in [6.07, 6.45) is 33.6. The molecule has 0 aromatic carbocycles. The average molecular weight is 623 g/mol. The van der Waals surface area contributed by atoms with E-state index in [9.17, 15) is 19.5 Å². The van der Waals surface area contributed by atoms with Crippen LogP contribution in [0.3, 0.4) is 0 Å². The predicted molar refractivity (Wildman–Crippen MR) is 187 cm³/mol. The van der Waals surface area contributed by atoms with E-state index in [1.807, 2.05) is 0 Å². The summed E-state index contributed by atoms with van der Waals surface area (Å²) in [7, 11) is 0. The molecule has 0 aliphatic rings. The van der Waals surface area contributed by atoms with Crippen LogP contribution in [0.25, 0.3) is 0 Å². The van der Waals surface area contributed by atoms with Crippen molar-refractivity contribution in [2.24, 2.45) is 11.5 Å². The molecule has 0 rings (SSSR count). The van der Waals surface area contributed by atoms with E-state index in [2.05, 4.69) is 13.8 Å². The molecule has 260 valence electrons. The zero-order chi connectivity index (χ0) is 32.7. The number of Topliss-reactive ketones (excluding diaryl/α,β-unsaturated/α-hetero) is 2. The standard InChI is InChI=1S/C38H74N2O4/c1-3-5-7-9-11-13-15-17-19-21-23-25-27-31-35(41)34(39)30-29-33-38(40,37(43)44)36(42)32-28-26-24-22-20-18-16-14-12-10-8-6-4-2/h34H,3-33,39-40H2,1-2H3,(H,43,44)/t34?,38-/m1/s1. The molecule has 0 aromatic rings. The lowest BCUT2D eigenvalue weighted by Crippen LogP contribution is -2.55. The van der Waals surface area contributed by atoms with Crippen molar-refractivity contribution in [2.75, 3.05) is 0 Å². The van der Waals surface area contributed by atoms with Gasteiger partial charge < -0.3 is 16.6 Å². The third-order valence-electron chi connectivity index (χ3n) is 9.41. The summed E-state index contributed by atoms with van der Waals surface area (Å²) >= 11 is 0. The first-order chi connectivity index (χ1) is 21.3. The van der Waals surface area contributed by atoms with Gasteiger partial charge in [-0.1, -0.05) is 168 Å². The Bertz CT molecular complexity index is 698. The van der Waals surface area contributed by atoms with Gasteiger partial charge in [-0.25, -0.2) is 4.79 Å². The van der Waals surface area contributed by atoms with E-state index in [4.69, 9.17) is 11.5 Å². The second kappa shape index (κ2) is 30.4. The number of carboxylic acid groups (broad SMARTS) is 1. The van der Waals surface area contributed by atoms with Crippen LogP contribution >= 0.6 is 0 Å². The van der Waals surface area contributed by atoms with Crippen LogP contribution in [0, 0.1) is 0 Å². The van der Waals surface area contributed by atoms with Gasteiger partial charge in [0.15, 0.2) is 11.3 Å². The first-order valence-electron chi connectivity index (χ1n) is 19.1. The van der Waals surface area contributed by atoms with Crippen molar-refractivity contribution in [1.82, 2.24) is 0 Å². The van der Waals surface area contributed by atoms with Gasteiger partial charge in [-0.3, -0.25) is 9.59 Å². The van der Waals surface area contributed by atoms with Crippen LogP contribution in [0.5, 0.6) is 0 Å². The fourth-order valence-electron chi connectivity index (χ4n) is 6.16. The van der Waals surface area contributed by atoms with E-state index in [1.165, 1.54) is 128 Å². The molecule has 0 spiro atoms. The summed E-state index contributed by atoms with van der Waals surface area (Å²) < 4.78 is 0. The molecule has 0 radical (unpaired) electrons. The fourth-order valence-corrected chi connectivity index (χ4v) is 6.16. The zero-order valence-electron chi connectivity index (χ0n) is 29.3. The van der Waals surface area contributed by atoms with Gasteiger partial charge in [0.05, 0.1) is 6.04 Å². The number of carbonyl (C=O) groups is 3. The van der Waals surface area contributed by atoms with Gasteiger partial charge in [0.1, 0.15) is 5.78 Å². The Kier molecular flexibility index (Phi) is 29.5. The van der Waals surface area contributed by atoms with Crippen LogP contribution in [0.15, 0.2) is 0 Å². The van der Waals surface area contributed by atoms with Crippen LogP contribution < -0.4 is 11.5 Å². The summed E-state index contributed by atoms with van der Waals surface area (Å²) in [6.45, 7) is 4.50. The Morgan fingerprint density at radius 2 is 0.841 bits per heavy atom. The van der Waals surface area contributed by atoms with Crippen LogP contribution in [0.1, 0.15) is 213 Å². The highest BCUT2D eigenvalue weighted by Crippen LogP contribution is 2.20. The number of carbonyl (C=O) groups excluding carboxylic acids is 2. The Labute approximate surface area is 272 Å². The molecular formula is C38H74N2O4. The summed E-state index contributed by atoms with van der Waals surface area (Å²) in [6, 6.07) is -0.610. The highest BCUT2D eigenvalue weighted by atomic mass is 16.4. The number of ketones is 2. The van der Waals surface area contributed by atoms with Gasteiger partial charge in [-0.2, -0.15) is 0 Å². The predicted octanol–water partition coefficient (Wildman–Crippen LogP) is 10.4. The molecule has 0 heterocycles. The van der Waals surface area contributed by atoms with Crippen molar-refractivity contribution in [3.05, 3.63) is 0 Å². The van der Waals surface area contributed by atoms with E-state index in [0.29, 0.717) is 25.7 Å². The van der Waals surface area contributed by atoms with Crippen molar-refractivity contribution >= 4 is 17.5 Å². The van der Waals surface area contributed by atoms with E-state index in [0.717, 1.165) is 32.1 Å². The number of hydrogen-bond acceptors (Lipinski definition) is 5. The van der Waals surface area contributed by atoms with E-state index >= 15 is 0 Å². The molecule has 0 bridgehead atoms. The molecule has 0 saturated heterocycles. The second-order valence-electron chi connectivity index (χ2n) is 13.6. The van der Waals surface area contributed by atoms with Crippen LogP contribution in [0.4, 0.5) is 0 Å². The lowest BCUT2D eigenvalue weighted by Gasteiger charge is -2.24. The maximum Gasteiger partial charge on any atom is 0.331 e. The van der Waals surface area contributed by atoms with E-state index in [1.54, 1.807) is 0 Å². The largest absolute Gasteiger partial charge is 0.480 e. The molecule has 0 saturated carbocycles. The highest BCUT2D eigenvalue weighted by Gasteiger charge is 2.40. The Morgan fingerprint density at radius 1 is 0.523 bits per heavy atom. The molecule has 44 heavy (non-hydrogen) atoms. The van der Waals surface area contributed by atoms with E-state index < -0.39 is 23.3 Å². The lowest BCUT2D eigenvalue weighted by molar-refractivity contribution is -0.148. The van der Waals surface area contributed by atoms with Crippen molar-refractivity contribution in [3.63, 3.8) is 0 Å². The quantitative estimate of drug-likeness (QED) is 0.0477. The summed E-state index contributed by atoms with van der Waals surface area (Å²) in [4.78, 5) is 37.2. The molecule has 1 unspecified atom stereocenters. The zero-order valence-corrected chi connectivity index (χ0v) is 29.3. The molecular weight excluding hydrogens is 548 g/mol. The first kappa shape index (κ1) is 42.7. The normalized spacial score (nSPS) is 13.5. The third kappa shape index (κ3) is 24.0. The Balaban J connectivity index is 3.91.